The lowest BCUT2D eigenvalue weighted by Gasteiger charge is -2.58. The largest absolute Gasteiger partial charge is 0.497 e. The van der Waals surface area contributed by atoms with Gasteiger partial charge in [-0.2, -0.15) is 13.2 Å². The Balaban J connectivity index is 0.952. The van der Waals surface area contributed by atoms with E-state index in [4.69, 9.17) is 9.47 Å². The number of rotatable bonds is 10. The molecule has 55 heavy (non-hydrogen) atoms. The average molecular weight is 752 g/mol. The first-order valence-electron chi connectivity index (χ1n) is 19.3. The number of pyridine rings is 1. The number of benzene rings is 3. The van der Waals surface area contributed by atoms with Crippen molar-refractivity contribution >= 4 is 23.0 Å². The Morgan fingerprint density at radius 2 is 1.76 bits per heavy atom. The first-order chi connectivity index (χ1) is 26.5. The van der Waals surface area contributed by atoms with Crippen molar-refractivity contribution in [3.05, 3.63) is 113 Å². The highest BCUT2D eigenvalue weighted by Crippen LogP contribution is 2.53. The minimum absolute atomic E-state index is 0.144. The van der Waals surface area contributed by atoms with Crippen LogP contribution in [0.5, 0.6) is 17.2 Å². The monoisotopic (exact) mass is 751 g/mol. The number of halogens is 3. The summed E-state index contributed by atoms with van der Waals surface area (Å²) in [4.78, 5) is 26.9. The maximum absolute atomic E-state index is 13.8. The van der Waals surface area contributed by atoms with E-state index in [-0.39, 0.29) is 17.2 Å². The number of aromatic nitrogens is 2. The minimum Gasteiger partial charge on any atom is -0.497 e. The predicted molar refractivity (Wildman–Crippen MR) is 208 cm³/mol. The van der Waals surface area contributed by atoms with Gasteiger partial charge in [-0.25, -0.2) is 4.98 Å². The van der Waals surface area contributed by atoms with E-state index < -0.39 is 11.7 Å². The molecular formula is C44H48F3N5O3. The third kappa shape index (κ3) is 7.69. The first-order valence-corrected chi connectivity index (χ1v) is 19.3. The Kier molecular flexibility index (Phi) is 10.1. The van der Waals surface area contributed by atoms with Crippen molar-refractivity contribution in [2.24, 2.45) is 5.41 Å². The zero-order chi connectivity index (χ0) is 38.3. The molecule has 2 aliphatic heterocycles. The van der Waals surface area contributed by atoms with Gasteiger partial charge in [0, 0.05) is 74.7 Å². The van der Waals surface area contributed by atoms with Crippen molar-refractivity contribution in [1.82, 2.24) is 19.8 Å². The van der Waals surface area contributed by atoms with Crippen LogP contribution in [0.25, 0.3) is 11.0 Å². The quantitative estimate of drug-likeness (QED) is 0.143. The molecule has 3 fully saturated rings. The number of fused-ring (bicyclic) bond motifs is 1. The van der Waals surface area contributed by atoms with E-state index in [0.29, 0.717) is 41.1 Å². The highest BCUT2D eigenvalue weighted by Gasteiger charge is 2.50. The number of methoxy groups -OCH3 is 1. The van der Waals surface area contributed by atoms with E-state index >= 15 is 0 Å². The van der Waals surface area contributed by atoms with E-state index in [1.54, 1.807) is 12.3 Å². The van der Waals surface area contributed by atoms with Gasteiger partial charge >= 0.3 is 6.18 Å². The van der Waals surface area contributed by atoms with Crippen LogP contribution in [-0.4, -0.2) is 71.9 Å². The van der Waals surface area contributed by atoms with Gasteiger partial charge in [0.25, 0.3) is 0 Å². The standard InChI is InChI=1S/C44H48F3N5O3/c1-29(2)38-6-4-5-7-39(38)40-27-50(26-30-18-33(44(45,46)47)21-36(19-30)54-3)16-17-52(40)35-23-43(24-35)11-14-51(15-12-43)34-9-8-32(28-53)41(22-34)55-37-20-31-10-13-48-42(31)49-25-37/h4-10,13,18-22,25,28-29,35,40H,11-12,14-17,23-24,26-27H2,1-3H3,(H,48,49). The van der Waals surface area contributed by atoms with Gasteiger partial charge in [0.05, 0.1) is 24.4 Å². The molecule has 11 heteroatoms. The fraction of sp³-hybridized carbons (Fsp3) is 0.409. The lowest BCUT2D eigenvalue weighted by molar-refractivity contribution is -0.137. The van der Waals surface area contributed by atoms with E-state index in [1.807, 2.05) is 36.5 Å². The molecule has 1 atom stereocenters. The lowest BCUT2D eigenvalue weighted by atomic mass is 9.59. The van der Waals surface area contributed by atoms with Gasteiger partial charge in [-0.05, 0) is 96.2 Å². The third-order valence-corrected chi connectivity index (χ3v) is 12.1. The molecule has 0 amide bonds. The Morgan fingerprint density at radius 1 is 0.964 bits per heavy atom. The van der Waals surface area contributed by atoms with Crippen molar-refractivity contribution in [2.75, 3.05) is 44.7 Å². The number of nitrogens with zero attached hydrogens (tertiary/aromatic N) is 4. The molecule has 0 radical (unpaired) electrons. The van der Waals surface area contributed by atoms with Gasteiger partial charge < -0.3 is 19.4 Å². The maximum Gasteiger partial charge on any atom is 0.416 e. The van der Waals surface area contributed by atoms with Gasteiger partial charge in [0.2, 0.25) is 0 Å². The summed E-state index contributed by atoms with van der Waals surface area (Å²) < 4.78 is 52.8. The molecule has 3 aromatic carbocycles. The summed E-state index contributed by atoms with van der Waals surface area (Å²) in [7, 11) is 1.41. The molecule has 8 rings (SSSR count). The van der Waals surface area contributed by atoms with Crippen LogP contribution in [0.3, 0.4) is 0 Å². The number of aldehydes is 1. The number of piperidine rings is 1. The van der Waals surface area contributed by atoms with Gasteiger partial charge in [-0.15, -0.1) is 0 Å². The maximum atomic E-state index is 13.8. The smallest absolute Gasteiger partial charge is 0.416 e. The second-order valence-electron chi connectivity index (χ2n) is 15.9. The number of carbonyl (C=O) groups is 1. The molecule has 5 aromatic rings. The molecule has 288 valence electrons. The first kappa shape index (κ1) is 37.1. The minimum atomic E-state index is -4.44. The normalized spacial score (nSPS) is 19.5. The van der Waals surface area contributed by atoms with E-state index in [1.165, 1.54) is 24.3 Å². The summed E-state index contributed by atoms with van der Waals surface area (Å²) in [6.45, 7) is 9.13. The number of nitrogens with one attached hydrogen (secondary N) is 1. The highest BCUT2D eigenvalue weighted by molar-refractivity contribution is 5.81. The summed E-state index contributed by atoms with van der Waals surface area (Å²) in [6, 6.07) is 23.0. The number of piperazine rings is 1. The topological polar surface area (TPSA) is 73.9 Å². The molecule has 3 aliphatic rings. The molecule has 8 nitrogen and oxygen atoms in total. The fourth-order valence-electron chi connectivity index (χ4n) is 9.17. The van der Waals surface area contributed by atoms with E-state index in [9.17, 15) is 18.0 Å². The van der Waals surface area contributed by atoms with Gasteiger partial charge in [-0.3, -0.25) is 14.6 Å². The SMILES string of the molecule is COc1cc(CN2CCN(C3CC4(CCN(c5ccc(C=O)c(Oc6cnc7[nH]ccc7c6)c5)CC4)C3)C(c3ccccc3C(C)C)C2)cc(C(F)(F)F)c1. The second-order valence-corrected chi connectivity index (χ2v) is 15.9. The van der Waals surface area contributed by atoms with Crippen LogP contribution in [0, 0.1) is 5.41 Å². The second kappa shape index (κ2) is 15.0. The van der Waals surface area contributed by atoms with Crippen LogP contribution in [0.15, 0.2) is 85.2 Å². The molecule has 4 heterocycles. The fourth-order valence-corrected chi connectivity index (χ4v) is 9.17. The Hall–Kier alpha value is -4.87. The number of anilines is 1. The molecule has 2 saturated heterocycles. The van der Waals surface area contributed by atoms with Crippen molar-refractivity contribution in [2.45, 2.75) is 70.3 Å². The number of hydrogen-bond donors (Lipinski definition) is 1. The number of aromatic amines is 1. The summed E-state index contributed by atoms with van der Waals surface area (Å²) in [5, 5.41) is 0.940. The number of ether oxygens (including phenoxy) is 2. The van der Waals surface area contributed by atoms with Crippen LogP contribution >= 0.6 is 0 Å². The molecule has 1 saturated carbocycles. The summed E-state index contributed by atoms with van der Waals surface area (Å²) in [5.74, 6) is 1.68. The number of alkyl halides is 3. The predicted octanol–water partition coefficient (Wildman–Crippen LogP) is 9.63. The van der Waals surface area contributed by atoms with Crippen LogP contribution in [0.1, 0.15) is 84.1 Å². The molecule has 1 spiro atoms. The number of hydrogen-bond acceptors (Lipinski definition) is 7. The number of H-pyrrole nitrogens is 1. The van der Waals surface area contributed by atoms with Crippen molar-refractivity contribution in [3.63, 3.8) is 0 Å². The van der Waals surface area contributed by atoms with Gasteiger partial charge in [0.1, 0.15) is 22.9 Å². The molecule has 0 bridgehead atoms. The Morgan fingerprint density at radius 3 is 2.51 bits per heavy atom. The van der Waals surface area contributed by atoms with Crippen LogP contribution in [-0.2, 0) is 12.7 Å². The van der Waals surface area contributed by atoms with Crippen LogP contribution in [0.2, 0.25) is 0 Å². The van der Waals surface area contributed by atoms with E-state index in [0.717, 1.165) is 87.5 Å². The summed E-state index contributed by atoms with van der Waals surface area (Å²) in [6.07, 6.45) is 4.35. The average Bonchev–Trinajstić information content (AvgIpc) is 3.65. The van der Waals surface area contributed by atoms with Gasteiger partial charge in [0.15, 0.2) is 6.29 Å². The summed E-state index contributed by atoms with van der Waals surface area (Å²) >= 11 is 0. The molecule has 2 aromatic heterocycles. The molecular weight excluding hydrogens is 704 g/mol. The number of carbonyl (C=O) groups excluding carboxylic acids is 1. The highest BCUT2D eigenvalue weighted by atomic mass is 19.4. The molecule has 1 aliphatic carbocycles. The van der Waals surface area contributed by atoms with Crippen molar-refractivity contribution < 1.29 is 27.4 Å². The Labute approximate surface area is 320 Å². The van der Waals surface area contributed by atoms with Crippen molar-refractivity contribution in [3.8, 4) is 17.2 Å². The van der Waals surface area contributed by atoms with Crippen LogP contribution < -0.4 is 14.4 Å². The third-order valence-electron chi connectivity index (χ3n) is 12.1. The summed E-state index contributed by atoms with van der Waals surface area (Å²) in [5.41, 5.74) is 5.19. The van der Waals surface area contributed by atoms with E-state index in [2.05, 4.69) is 62.8 Å². The van der Waals surface area contributed by atoms with Gasteiger partial charge in [-0.1, -0.05) is 38.1 Å². The Bertz CT molecular complexity index is 2150. The zero-order valence-corrected chi connectivity index (χ0v) is 31.6. The zero-order valence-electron chi connectivity index (χ0n) is 31.6. The lowest BCUT2D eigenvalue weighted by Crippen LogP contribution is -2.60. The molecule has 1 N–H and O–H groups in total. The van der Waals surface area contributed by atoms with Crippen LogP contribution in [0.4, 0.5) is 18.9 Å². The molecule has 1 unspecified atom stereocenters. The van der Waals surface area contributed by atoms with Crippen molar-refractivity contribution in [1.29, 1.82) is 0 Å².